The highest BCUT2D eigenvalue weighted by atomic mass is 35.5. The van der Waals surface area contributed by atoms with Crippen molar-refractivity contribution in [3.05, 3.63) is 28.2 Å². The number of hydrogen-bond donors (Lipinski definition) is 1. The van der Waals surface area contributed by atoms with Crippen LogP contribution in [0, 0.1) is 0 Å². The summed E-state index contributed by atoms with van der Waals surface area (Å²) < 4.78 is 5.48. The van der Waals surface area contributed by atoms with Crippen LogP contribution >= 0.6 is 23.2 Å². The van der Waals surface area contributed by atoms with Crippen LogP contribution in [0.2, 0.25) is 10.0 Å². The topological polar surface area (TPSA) is 58.6 Å². The zero-order chi connectivity index (χ0) is 15.4. The molecule has 0 bridgehead atoms. The SMILES string of the molecule is CCCC1NC(=O)N(CCOc2c(Cl)cccc2Cl)C1=O. The van der Waals surface area contributed by atoms with Gasteiger partial charge >= 0.3 is 6.03 Å². The summed E-state index contributed by atoms with van der Waals surface area (Å²) in [5.41, 5.74) is 0. The summed E-state index contributed by atoms with van der Waals surface area (Å²) in [6.45, 7) is 2.26. The zero-order valence-electron chi connectivity index (χ0n) is 11.6. The summed E-state index contributed by atoms with van der Waals surface area (Å²) in [4.78, 5) is 24.9. The molecular weight excluding hydrogens is 315 g/mol. The van der Waals surface area contributed by atoms with Crippen molar-refractivity contribution in [2.75, 3.05) is 13.2 Å². The Balaban J connectivity index is 1.92. The van der Waals surface area contributed by atoms with Crippen molar-refractivity contribution in [3.8, 4) is 5.75 Å². The van der Waals surface area contributed by atoms with E-state index in [9.17, 15) is 9.59 Å². The number of ether oxygens (including phenoxy) is 1. The summed E-state index contributed by atoms with van der Waals surface area (Å²) in [6, 6.07) is 4.23. The van der Waals surface area contributed by atoms with E-state index >= 15 is 0 Å². The molecule has 0 saturated carbocycles. The fraction of sp³-hybridized carbons (Fsp3) is 0.429. The van der Waals surface area contributed by atoms with Gasteiger partial charge in [0.2, 0.25) is 0 Å². The molecule has 1 fully saturated rings. The number of nitrogens with one attached hydrogen (secondary N) is 1. The van der Waals surface area contributed by atoms with E-state index in [-0.39, 0.29) is 25.1 Å². The van der Waals surface area contributed by atoms with Crippen LogP contribution in [0.3, 0.4) is 0 Å². The minimum Gasteiger partial charge on any atom is -0.489 e. The fourth-order valence-corrected chi connectivity index (χ4v) is 2.64. The third kappa shape index (κ3) is 3.60. The summed E-state index contributed by atoms with van der Waals surface area (Å²) in [5, 5.41) is 3.44. The lowest BCUT2D eigenvalue weighted by Gasteiger charge is -2.14. The summed E-state index contributed by atoms with van der Waals surface area (Å²) in [6.07, 6.45) is 1.47. The molecule has 2 rings (SSSR count). The van der Waals surface area contributed by atoms with Gasteiger partial charge in [-0.25, -0.2) is 4.79 Å². The standard InChI is InChI=1S/C14H16Cl2N2O3/c1-2-4-11-13(19)18(14(20)17-11)7-8-21-12-9(15)5-3-6-10(12)16/h3,5-6,11H,2,4,7-8H2,1H3,(H,17,20). The van der Waals surface area contributed by atoms with E-state index in [4.69, 9.17) is 27.9 Å². The molecule has 1 aliphatic heterocycles. The van der Waals surface area contributed by atoms with Gasteiger partial charge in [-0.2, -0.15) is 0 Å². The number of benzene rings is 1. The number of carbonyl (C=O) groups is 2. The van der Waals surface area contributed by atoms with E-state index in [0.717, 1.165) is 11.3 Å². The summed E-state index contributed by atoms with van der Waals surface area (Å²) >= 11 is 12.0. The van der Waals surface area contributed by atoms with Crippen molar-refractivity contribution in [3.63, 3.8) is 0 Å². The largest absolute Gasteiger partial charge is 0.489 e. The van der Waals surface area contributed by atoms with E-state index in [0.29, 0.717) is 22.2 Å². The van der Waals surface area contributed by atoms with Crippen LogP contribution in [-0.4, -0.2) is 36.0 Å². The summed E-state index contributed by atoms with van der Waals surface area (Å²) in [5.74, 6) is 0.147. The molecule has 1 aliphatic rings. The molecular formula is C14H16Cl2N2O3. The van der Waals surface area contributed by atoms with Crippen LogP contribution in [0.4, 0.5) is 4.79 Å². The average molecular weight is 331 g/mol. The molecule has 1 aromatic carbocycles. The van der Waals surface area contributed by atoms with E-state index in [1.807, 2.05) is 6.92 Å². The molecule has 7 heteroatoms. The lowest BCUT2D eigenvalue weighted by molar-refractivity contribution is -0.127. The van der Waals surface area contributed by atoms with Crippen molar-refractivity contribution < 1.29 is 14.3 Å². The van der Waals surface area contributed by atoms with E-state index in [1.54, 1.807) is 18.2 Å². The van der Waals surface area contributed by atoms with Gasteiger partial charge in [0.25, 0.3) is 5.91 Å². The van der Waals surface area contributed by atoms with Crippen LogP contribution in [-0.2, 0) is 4.79 Å². The van der Waals surface area contributed by atoms with Gasteiger partial charge in [-0.1, -0.05) is 42.6 Å². The number of rotatable bonds is 6. The number of imide groups is 1. The zero-order valence-corrected chi connectivity index (χ0v) is 13.1. The highest BCUT2D eigenvalue weighted by Crippen LogP contribution is 2.32. The second-order valence-electron chi connectivity index (χ2n) is 4.68. The molecule has 0 aromatic heterocycles. The Hall–Kier alpha value is -1.46. The number of carbonyl (C=O) groups excluding carboxylic acids is 2. The Bertz CT molecular complexity index is 531. The molecule has 5 nitrogen and oxygen atoms in total. The van der Waals surface area contributed by atoms with Gasteiger partial charge in [0.1, 0.15) is 12.6 Å². The number of amides is 3. The van der Waals surface area contributed by atoms with Gasteiger partial charge in [-0.05, 0) is 18.6 Å². The van der Waals surface area contributed by atoms with E-state index in [2.05, 4.69) is 5.32 Å². The molecule has 114 valence electrons. The second-order valence-corrected chi connectivity index (χ2v) is 5.49. The van der Waals surface area contributed by atoms with Crippen molar-refractivity contribution in [2.24, 2.45) is 0 Å². The Kier molecular flexibility index (Phi) is 5.31. The molecule has 1 atom stereocenters. The minimum atomic E-state index is -0.425. The Morgan fingerprint density at radius 1 is 1.29 bits per heavy atom. The predicted molar refractivity (Wildman–Crippen MR) is 80.9 cm³/mol. The van der Waals surface area contributed by atoms with Gasteiger partial charge in [0.15, 0.2) is 5.75 Å². The van der Waals surface area contributed by atoms with Gasteiger partial charge < -0.3 is 10.1 Å². The van der Waals surface area contributed by atoms with Gasteiger partial charge in [-0.3, -0.25) is 9.69 Å². The molecule has 1 aromatic rings. The van der Waals surface area contributed by atoms with Crippen molar-refractivity contribution in [1.82, 2.24) is 10.2 Å². The molecule has 1 unspecified atom stereocenters. The van der Waals surface area contributed by atoms with Gasteiger partial charge in [0.05, 0.1) is 16.6 Å². The first-order chi connectivity index (χ1) is 10.0. The highest BCUT2D eigenvalue weighted by Gasteiger charge is 2.36. The molecule has 21 heavy (non-hydrogen) atoms. The first-order valence-electron chi connectivity index (χ1n) is 6.73. The smallest absolute Gasteiger partial charge is 0.324 e. The Morgan fingerprint density at radius 3 is 2.57 bits per heavy atom. The van der Waals surface area contributed by atoms with Crippen molar-refractivity contribution in [2.45, 2.75) is 25.8 Å². The van der Waals surface area contributed by atoms with Crippen molar-refractivity contribution >= 4 is 35.1 Å². The molecule has 3 amide bonds. The molecule has 0 aliphatic carbocycles. The first-order valence-corrected chi connectivity index (χ1v) is 7.49. The average Bonchev–Trinajstić information content (AvgIpc) is 2.70. The van der Waals surface area contributed by atoms with Crippen LogP contribution in [0.15, 0.2) is 18.2 Å². The number of para-hydroxylation sites is 1. The van der Waals surface area contributed by atoms with Gasteiger partial charge in [-0.15, -0.1) is 0 Å². The van der Waals surface area contributed by atoms with Crippen LogP contribution in [0.5, 0.6) is 5.75 Å². The molecule has 1 N–H and O–H groups in total. The lowest BCUT2D eigenvalue weighted by Crippen LogP contribution is -2.35. The van der Waals surface area contributed by atoms with E-state index < -0.39 is 6.04 Å². The molecule has 0 radical (unpaired) electrons. The highest BCUT2D eigenvalue weighted by molar-refractivity contribution is 6.37. The quantitative estimate of drug-likeness (QED) is 0.815. The Morgan fingerprint density at radius 2 is 1.95 bits per heavy atom. The number of urea groups is 1. The van der Waals surface area contributed by atoms with Crippen LogP contribution in [0.1, 0.15) is 19.8 Å². The fourth-order valence-electron chi connectivity index (χ4n) is 2.13. The van der Waals surface area contributed by atoms with Gasteiger partial charge in [0, 0.05) is 0 Å². The monoisotopic (exact) mass is 330 g/mol. The third-order valence-corrected chi connectivity index (χ3v) is 3.76. The molecule has 1 saturated heterocycles. The second kappa shape index (κ2) is 7.00. The van der Waals surface area contributed by atoms with Crippen LogP contribution < -0.4 is 10.1 Å². The number of halogens is 2. The molecule has 1 heterocycles. The Labute approximate surface area is 133 Å². The van der Waals surface area contributed by atoms with Crippen molar-refractivity contribution in [1.29, 1.82) is 0 Å². The predicted octanol–water partition coefficient (Wildman–Crippen LogP) is 3.09. The number of hydrogen-bond acceptors (Lipinski definition) is 3. The third-order valence-electron chi connectivity index (χ3n) is 3.16. The number of nitrogens with zero attached hydrogens (tertiary/aromatic N) is 1. The maximum Gasteiger partial charge on any atom is 0.324 e. The van der Waals surface area contributed by atoms with E-state index in [1.165, 1.54) is 0 Å². The summed E-state index contributed by atoms with van der Waals surface area (Å²) in [7, 11) is 0. The maximum atomic E-state index is 12.0. The normalized spacial score (nSPS) is 18.0. The maximum absolute atomic E-state index is 12.0. The first kappa shape index (κ1) is 15.9. The van der Waals surface area contributed by atoms with Crippen LogP contribution in [0.25, 0.3) is 0 Å². The minimum absolute atomic E-state index is 0.140. The lowest BCUT2D eigenvalue weighted by atomic mass is 10.2. The molecule has 0 spiro atoms.